The van der Waals surface area contributed by atoms with Gasteiger partial charge in [-0.1, -0.05) is 13.8 Å². The van der Waals surface area contributed by atoms with E-state index >= 15 is 0 Å². The molecule has 106 valence electrons. The Morgan fingerprint density at radius 3 is 2.63 bits per heavy atom. The first-order valence-corrected chi connectivity index (χ1v) is 6.67. The fourth-order valence-electron chi connectivity index (χ4n) is 2.00. The fraction of sp³-hybridized carbons (Fsp3) is 0.571. The van der Waals surface area contributed by atoms with Crippen molar-refractivity contribution in [2.75, 3.05) is 18.5 Å². The summed E-state index contributed by atoms with van der Waals surface area (Å²) in [4.78, 5) is 15.6. The van der Waals surface area contributed by atoms with E-state index in [9.17, 15) is 4.79 Å². The highest BCUT2D eigenvalue weighted by atomic mass is 16.3. The number of aliphatic hydroxyl groups excluding tert-OH is 1. The van der Waals surface area contributed by atoms with Crippen molar-refractivity contribution < 1.29 is 9.90 Å². The molecule has 1 rings (SSSR count). The molecule has 5 heteroatoms. The van der Waals surface area contributed by atoms with Gasteiger partial charge in [0.25, 0.3) is 0 Å². The highest BCUT2D eigenvalue weighted by Crippen LogP contribution is 2.14. The lowest BCUT2D eigenvalue weighted by molar-refractivity contribution is 0.231. The van der Waals surface area contributed by atoms with Gasteiger partial charge in [0.1, 0.15) is 0 Å². The normalized spacial score (nSPS) is 12.2. The van der Waals surface area contributed by atoms with Crippen LogP contribution in [0.2, 0.25) is 0 Å². The number of nitrogens with zero attached hydrogens (tertiary/aromatic N) is 1. The molecule has 0 aliphatic rings. The zero-order chi connectivity index (χ0) is 14.1. The predicted octanol–water partition coefficient (Wildman–Crippen LogP) is 2.25. The van der Waals surface area contributed by atoms with E-state index in [2.05, 4.69) is 29.5 Å². The quantitative estimate of drug-likeness (QED) is 0.708. The average Bonchev–Trinajstić information content (AvgIpc) is 2.37. The molecular formula is C14H23N3O2. The third-order valence-electron chi connectivity index (χ3n) is 2.83. The van der Waals surface area contributed by atoms with Crippen LogP contribution in [0.15, 0.2) is 24.5 Å². The molecule has 1 aromatic rings. The number of hydrogen-bond acceptors (Lipinski definition) is 3. The first-order valence-electron chi connectivity index (χ1n) is 6.67. The number of rotatable bonds is 7. The number of amides is 2. The Bertz CT molecular complexity index is 368. The van der Waals surface area contributed by atoms with E-state index in [0.29, 0.717) is 24.8 Å². The van der Waals surface area contributed by atoms with Crippen molar-refractivity contribution in [2.45, 2.75) is 26.7 Å². The SMILES string of the molecule is CC(C)CC(CCO)CNC(=O)Nc1ccncc1. The molecule has 2 amide bonds. The van der Waals surface area contributed by atoms with Crippen LogP contribution in [0.3, 0.4) is 0 Å². The van der Waals surface area contributed by atoms with Gasteiger partial charge in [0.15, 0.2) is 0 Å². The van der Waals surface area contributed by atoms with Gasteiger partial charge in [-0.15, -0.1) is 0 Å². The molecule has 0 fully saturated rings. The first kappa shape index (κ1) is 15.4. The van der Waals surface area contributed by atoms with Gasteiger partial charge in [0, 0.05) is 31.2 Å². The molecule has 0 spiro atoms. The second kappa shape index (κ2) is 8.48. The van der Waals surface area contributed by atoms with Gasteiger partial charge >= 0.3 is 6.03 Å². The summed E-state index contributed by atoms with van der Waals surface area (Å²) in [7, 11) is 0. The number of carbonyl (C=O) groups excluding carboxylic acids is 1. The molecule has 0 aliphatic heterocycles. The largest absolute Gasteiger partial charge is 0.396 e. The van der Waals surface area contributed by atoms with Gasteiger partial charge in [0.2, 0.25) is 0 Å². The minimum absolute atomic E-state index is 0.158. The maximum absolute atomic E-state index is 11.7. The second-order valence-electron chi connectivity index (χ2n) is 5.08. The summed E-state index contributed by atoms with van der Waals surface area (Å²) in [5.74, 6) is 0.870. The number of carbonyl (C=O) groups is 1. The topological polar surface area (TPSA) is 74.2 Å². The molecule has 1 aromatic heterocycles. The Morgan fingerprint density at radius 2 is 2.05 bits per heavy atom. The van der Waals surface area contributed by atoms with Crippen LogP contribution in [-0.4, -0.2) is 29.3 Å². The molecule has 1 atom stereocenters. The van der Waals surface area contributed by atoms with Crippen LogP contribution in [0, 0.1) is 11.8 Å². The number of nitrogens with one attached hydrogen (secondary N) is 2. The Balaban J connectivity index is 2.35. The summed E-state index contributed by atoms with van der Waals surface area (Å²) in [6.45, 7) is 5.02. The summed E-state index contributed by atoms with van der Waals surface area (Å²) in [6.07, 6.45) is 4.97. The summed E-state index contributed by atoms with van der Waals surface area (Å²) in [5.41, 5.74) is 0.718. The van der Waals surface area contributed by atoms with Crippen LogP contribution in [0.4, 0.5) is 10.5 Å². The van der Waals surface area contributed by atoms with Crippen molar-refractivity contribution in [2.24, 2.45) is 11.8 Å². The van der Waals surface area contributed by atoms with E-state index < -0.39 is 0 Å². The molecule has 19 heavy (non-hydrogen) atoms. The van der Waals surface area contributed by atoms with Crippen LogP contribution in [0.1, 0.15) is 26.7 Å². The van der Waals surface area contributed by atoms with Crippen molar-refractivity contribution in [1.29, 1.82) is 0 Å². The third-order valence-corrected chi connectivity index (χ3v) is 2.83. The molecule has 0 aromatic carbocycles. The first-order chi connectivity index (χ1) is 9.11. The molecule has 0 bridgehead atoms. The maximum Gasteiger partial charge on any atom is 0.319 e. The molecule has 0 aliphatic carbocycles. The fourth-order valence-corrected chi connectivity index (χ4v) is 2.00. The Morgan fingerprint density at radius 1 is 1.37 bits per heavy atom. The molecule has 0 saturated heterocycles. The van der Waals surface area contributed by atoms with Crippen molar-refractivity contribution in [1.82, 2.24) is 10.3 Å². The van der Waals surface area contributed by atoms with Gasteiger partial charge in [-0.2, -0.15) is 0 Å². The Hall–Kier alpha value is -1.62. The Kier molecular flexibility index (Phi) is 6.89. The van der Waals surface area contributed by atoms with Crippen LogP contribution in [0.25, 0.3) is 0 Å². The van der Waals surface area contributed by atoms with Crippen LogP contribution in [0.5, 0.6) is 0 Å². The van der Waals surface area contributed by atoms with E-state index in [-0.39, 0.29) is 12.6 Å². The number of aliphatic hydroxyl groups is 1. The second-order valence-corrected chi connectivity index (χ2v) is 5.08. The van der Waals surface area contributed by atoms with Crippen molar-refractivity contribution >= 4 is 11.7 Å². The number of urea groups is 1. The summed E-state index contributed by atoms with van der Waals surface area (Å²) >= 11 is 0. The van der Waals surface area contributed by atoms with E-state index in [4.69, 9.17) is 5.11 Å². The molecule has 0 saturated carbocycles. The monoisotopic (exact) mass is 265 g/mol. The number of pyridine rings is 1. The van der Waals surface area contributed by atoms with Gasteiger partial charge in [-0.05, 0) is 36.8 Å². The molecule has 1 heterocycles. The van der Waals surface area contributed by atoms with Crippen molar-refractivity contribution in [3.05, 3.63) is 24.5 Å². The lowest BCUT2D eigenvalue weighted by atomic mass is 9.94. The van der Waals surface area contributed by atoms with Gasteiger partial charge in [-0.25, -0.2) is 4.79 Å². The predicted molar refractivity (Wildman–Crippen MR) is 75.9 cm³/mol. The highest BCUT2D eigenvalue weighted by molar-refractivity contribution is 5.89. The lowest BCUT2D eigenvalue weighted by Crippen LogP contribution is -2.33. The summed E-state index contributed by atoms with van der Waals surface area (Å²) < 4.78 is 0. The molecule has 1 unspecified atom stereocenters. The zero-order valence-electron chi connectivity index (χ0n) is 11.6. The van der Waals surface area contributed by atoms with E-state index in [1.807, 2.05) is 0 Å². The van der Waals surface area contributed by atoms with Crippen LogP contribution < -0.4 is 10.6 Å². The number of anilines is 1. The van der Waals surface area contributed by atoms with Gasteiger partial charge in [-0.3, -0.25) is 4.98 Å². The maximum atomic E-state index is 11.7. The summed E-state index contributed by atoms with van der Waals surface area (Å²) in [5, 5.41) is 14.6. The van der Waals surface area contributed by atoms with Crippen molar-refractivity contribution in [3.63, 3.8) is 0 Å². The third kappa shape index (κ3) is 6.76. The van der Waals surface area contributed by atoms with Crippen molar-refractivity contribution in [3.8, 4) is 0 Å². The molecule has 5 nitrogen and oxygen atoms in total. The van der Waals surface area contributed by atoms with Gasteiger partial charge in [0.05, 0.1) is 0 Å². The average molecular weight is 265 g/mol. The molecule has 0 radical (unpaired) electrons. The van der Waals surface area contributed by atoms with E-state index in [1.165, 1.54) is 0 Å². The highest BCUT2D eigenvalue weighted by Gasteiger charge is 2.12. The van der Waals surface area contributed by atoms with Crippen LogP contribution in [-0.2, 0) is 0 Å². The van der Waals surface area contributed by atoms with E-state index in [0.717, 1.165) is 12.1 Å². The molecular weight excluding hydrogens is 242 g/mol. The van der Waals surface area contributed by atoms with E-state index in [1.54, 1.807) is 24.5 Å². The van der Waals surface area contributed by atoms with Crippen LogP contribution >= 0.6 is 0 Å². The van der Waals surface area contributed by atoms with Gasteiger partial charge < -0.3 is 15.7 Å². The standard InChI is InChI=1S/C14H23N3O2/c1-11(2)9-12(5-8-18)10-16-14(19)17-13-3-6-15-7-4-13/h3-4,6-7,11-12,18H,5,8-10H2,1-2H3,(H2,15,16,17,19). The number of hydrogen-bond donors (Lipinski definition) is 3. The lowest BCUT2D eigenvalue weighted by Gasteiger charge is -2.18. The Labute approximate surface area is 114 Å². The molecule has 3 N–H and O–H groups in total. The zero-order valence-corrected chi connectivity index (χ0v) is 11.6. The minimum atomic E-state index is -0.224. The number of aromatic nitrogens is 1. The summed E-state index contributed by atoms with van der Waals surface area (Å²) in [6, 6.07) is 3.25. The smallest absolute Gasteiger partial charge is 0.319 e. The minimum Gasteiger partial charge on any atom is -0.396 e.